The van der Waals surface area contributed by atoms with Crippen molar-refractivity contribution in [3.8, 4) is 5.75 Å². The second-order valence-corrected chi connectivity index (χ2v) is 7.27. The van der Waals surface area contributed by atoms with Gasteiger partial charge in [-0.25, -0.2) is 4.98 Å². The molecule has 2 aromatic carbocycles. The molecule has 0 spiro atoms. The Morgan fingerprint density at radius 1 is 1.17 bits per heavy atom. The van der Waals surface area contributed by atoms with Crippen molar-refractivity contribution in [3.05, 3.63) is 59.1 Å². The standard InChI is InChI=1S/C19H20N2OS/c1-21-11-10-15(13-21)22-17-8-4-2-6-14(17)12-19-20-16-7-3-5-9-18(16)23-19/h2-9,15H,10-13H2,1H3. The topological polar surface area (TPSA) is 25.4 Å². The lowest BCUT2D eigenvalue weighted by atomic mass is 10.1. The van der Waals surface area contributed by atoms with Crippen LogP contribution in [-0.4, -0.2) is 36.1 Å². The zero-order chi connectivity index (χ0) is 15.6. The number of thiazole rings is 1. The summed E-state index contributed by atoms with van der Waals surface area (Å²) >= 11 is 1.77. The fourth-order valence-corrected chi connectivity index (χ4v) is 4.08. The summed E-state index contributed by atoms with van der Waals surface area (Å²) in [6.07, 6.45) is 2.24. The first-order valence-corrected chi connectivity index (χ1v) is 8.87. The van der Waals surface area contributed by atoms with Gasteiger partial charge in [0, 0.05) is 25.1 Å². The molecule has 1 fully saturated rings. The van der Waals surface area contributed by atoms with Crippen molar-refractivity contribution >= 4 is 21.6 Å². The van der Waals surface area contributed by atoms with Crippen LogP contribution in [-0.2, 0) is 6.42 Å². The summed E-state index contributed by atoms with van der Waals surface area (Å²) in [6, 6.07) is 16.7. The van der Waals surface area contributed by atoms with Crippen molar-refractivity contribution in [1.82, 2.24) is 9.88 Å². The van der Waals surface area contributed by atoms with E-state index in [1.54, 1.807) is 11.3 Å². The number of ether oxygens (including phenoxy) is 1. The largest absolute Gasteiger partial charge is 0.489 e. The van der Waals surface area contributed by atoms with Crippen LogP contribution in [0, 0.1) is 0 Å². The number of hydrogen-bond donors (Lipinski definition) is 0. The van der Waals surface area contributed by atoms with E-state index in [1.165, 1.54) is 10.3 Å². The summed E-state index contributed by atoms with van der Waals surface area (Å²) in [5, 5.41) is 1.14. The smallest absolute Gasteiger partial charge is 0.123 e. The van der Waals surface area contributed by atoms with Gasteiger partial charge in [0.15, 0.2) is 0 Å². The van der Waals surface area contributed by atoms with Gasteiger partial charge in [-0.15, -0.1) is 11.3 Å². The predicted octanol–water partition coefficient (Wildman–Crippen LogP) is 3.97. The average molecular weight is 324 g/mol. The van der Waals surface area contributed by atoms with Gasteiger partial charge in [0.25, 0.3) is 0 Å². The molecule has 0 saturated carbocycles. The Morgan fingerprint density at radius 2 is 2.00 bits per heavy atom. The van der Waals surface area contributed by atoms with Gasteiger partial charge < -0.3 is 9.64 Å². The second-order valence-electron chi connectivity index (χ2n) is 6.15. The monoisotopic (exact) mass is 324 g/mol. The molecule has 0 bridgehead atoms. The summed E-state index contributed by atoms with van der Waals surface area (Å²) in [5.74, 6) is 1.01. The maximum absolute atomic E-state index is 6.26. The zero-order valence-corrected chi connectivity index (χ0v) is 14.1. The fourth-order valence-electron chi connectivity index (χ4n) is 3.09. The first-order valence-electron chi connectivity index (χ1n) is 8.05. The minimum Gasteiger partial charge on any atom is -0.489 e. The van der Waals surface area contributed by atoms with Gasteiger partial charge in [-0.3, -0.25) is 0 Å². The second kappa shape index (κ2) is 6.30. The molecule has 4 heteroatoms. The van der Waals surface area contributed by atoms with Crippen molar-refractivity contribution < 1.29 is 4.74 Å². The molecule has 1 aliphatic rings. The van der Waals surface area contributed by atoms with E-state index >= 15 is 0 Å². The number of likely N-dealkylation sites (tertiary alicyclic amines) is 1. The number of fused-ring (bicyclic) bond motifs is 1. The Hall–Kier alpha value is -1.91. The molecule has 1 saturated heterocycles. The van der Waals surface area contributed by atoms with Crippen LogP contribution in [0.2, 0.25) is 0 Å². The van der Waals surface area contributed by atoms with Crippen LogP contribution in [0.5, 0.6) is 5.75 Å². The number of likely N-dealkylation sites (N-methyl/N-ethyl adjacent to an activating group) is 1. The predicted molar refractivity (Wildman–Crippen MR) is 95.4 cm³/mol. The van der Waals surface area contributed by atoms with Crippen molar-refractivity contribution in [3.63, 3.8) is 0 Å². The molecule has 4 rings (SSSR count). The Morgan fingerprint density at radius 3 is 2.83 bits per heavy atom. The third-order valence-corrected chi connectivity index (χ3v) is 5.33. The van der Waals surface area contributed by atoms with E-state index in [0.717, 1.165) is 42.2 Å². The minimum absolute atomic E-state index is 0.302. The Balaban J connectivity index is 1.56. The highest BCUT2D eigenvalue weighted by Crippen LogP contribution is 2.28. The van der Waals surface area contributed by atoms with E-state index in [2.05, 4.69) is 54.4 Å². The first-order chi connectivity index (χ1) is 11.3. The van der Waals surface area contributed by atoms with E-state index in [1.807, 2.05) is 6.07 Å². The molecule has 118 valence electrons. The summed E-state index contributed by atoms with van der Waals surface area (Å²) in [6.45, 7) is 2.13. The van der Waals surface area contributed by atoms with E-state index < -0.39 is 0 Å². The molecule has 0 N–H and O–H groups in total. The van der Waals surface area contributed by atoms with Crippen LogP contribution >= 0.6 is 11.3 Å². The van der Waals surface area contributed by atoms with E-state index in [-0.39, 0.29) is 0 Å². The molecule has 0 radical (unpaired) electrons. The quantitative estimate of drug-likeness (QED) is 0.726. The molecule has 1 atom stereocenters. The van der Waals surface area contributed by atoms with Gasteiger partial charge in [0.1, 0.15) is 11.9 Å². The molecule has 23 heavy (non-hydrogen) atoms. The van der Waals surface area contributed by atoms with Gasteiger partial charge in [0.05, 0.1) is 15.2 Å². The number of aromatic nitrogens is 1. The van der Waals surface area contributed by atoms with Crippen LogP contribution < -0.4 is 4.74 Å². The number of hydrogen-bond acceptors (Lipinski definition) is 4. The molecule has 3 nitrogen and oxygen atoms in total. The van der Waals surface area contributed by atoms with Gasteiger partial charge in [0.2, 0.25) is 0 Å². The van der Waals surface area contributed by atoms with Crippen molar-refractivity contribution in [2.24, 2.45) is 0 Å². The molecule has 0 amide bonds. The molecular formula is C19H20N2OS. The fraction of sp³-hybridized carbons (Fsp3) is 0.316. The third-order valence-electron chi connectivity index (χ3n) is 4.29. The van der Waals surface area contributed by atoms with Gasteiger partial charge in [-0.1, -0.05) is 30.3 Å². The van der Waals surface area contributed by atoms with Crippen molar-refractivity contribution in [1.29, 1.82) is 0 Å². The van der Waals surface area contributed by atoms with Gasteiger partial charge in [-0.2, -0.15) is 0 Å². The Labute approximate surface area is 140 Å². The maximum Gasteiger partial charge on any atom is 0.123 e. The highest BCUT2D eigenvalue weighted by atomic mass is 32.1. The van der Waals surface area contributed by atoms with Crippen LogP contribution in [0.15, 0.2) is 48.5 Å². The Kier molecular flexibility index (Phi) is 4.02. The molecule has 1 aliphatic heterocycles. The van der Waals surface area contributed by atoms with Crippen LogP contribution in [0.3, 0.4) is 0 Å². The molecule has 3 aromatic rings. The summed E-state index contributed by atoms with van der Waals surface area (Å²) in [7, 11) is 2.15. The van der Waals surface area contributed by atoms with Crippen LogP contribution in [0.25, 0.3) is 10.2 Å². The molecular weight excluding hydrogens is 304 g/mol. The highest BCUT2D eigenvalue weighted by molar-refractivity contribution is 7.18. The highest BCUT2D eigenvalue weighted by Gasteiger charge is 2.21. The minimum atomic E-state index is 0.302. The summed E-state index contributed by atoms with van der Waals surface area (Å²) in [4.78, 5) is 7.07. The molecule has 1 aromatic heterocycles. The maximum atomic E-state index is 6.26. The number of para-hydroxylation sites is 2. The molecule has 0 aliphatic carbocycles. The summed E-state index contributed by atoms with van der Waals surface area (Å²) in [5.41, 5.74) is 2.31. The van der Waals surface area contributed by atoms with Crippen molar-refractivity contribution in [2.75, 3.05) is 20.1 Å². The number of nitrogens with zero attached hydrogens (tertiary/aromatic N) is 2. The normalized spacial score (nSPS) is 18.6. The number of rotatable bonds is 4. The van der Waals surface area contributed by atoms with Crippen molar-refractivity contribution in [2.45, 2.75) is 18.9 Å². The Bertz CT molecular complexity index is 781. The van der Waals surface area contributed by atoms with Crippen LogP contribution in [0.1, 0.15) is 17.0 Å². The van der Waals surface area contributed by atoms with Crippen LogP contribution in [0.4, 0.5) is 0 Å². The zero-order valence-electron chi connectivity index (χ0n) is 13.2. The van der Waals surface area contributed by atoms with E-state index in [4.69, 9.17) is 9.72 Å². The SMILES string of the molecule is CN1CCC(Oc2ccccc2Cc2nc3ccccc3s2)C1. The van der Waals surface area contributed by atoms with Gasteiger partial charge in [-0.05, 0) is 31.7 Å². The summed E-state index contributed by atoms with van der Waals surface area (Å²) < 4.78 is 7.51. The lowest BCUT2D eigenvalue weighted by Crippen LogP contribution is -2.21. The molecule has 2 heterocycles. The van der Waals surface area contributed by atoms with E-state index in [0.29, 0.717) is 6.10 Å². The lowest BCUT2D eigenvalue weighted by Gasteiger charge is -2.16. The van der Waals surface area contributed by atoms with E-state index in [9.17, 15) is 0 Å². The lowest BCUT2D eigenvalue weighted by molar-refractivity contribution is 0.206. The van der Waals surface area contributed by atoms with Gasteiger partial charge >= 0.3 is 0 Å². The first kappa shape index (κ1) is 14.7. The third kappa shape index (κ3) is 3.23. The number of benzene rings is 2. The molecule has 1 unspecified atom stereocenters. The average Bonchev–Trinajstić information content (AvgIpc) is 3.14.